The average Bonchev–Trinajstić information content (AvgIpc) is 2.48. The van der Waals surface area contributed by atoms with Crippen molar-refractivity contribution in [1.29, 1.82) is 0 Å². The molecule has 0 saturated heterocycles. The number of rotatable bonds is 6. The molecule has 2 nitrogen and oxygen atoms in total. The van der Waals surface area contributed by atoms with Gasteiger partial charge in [0.15, 0.2) is 0 Å². The zero-order chi connectivity index (χ0) is 15.1. The molecule has 0 unspecified atom stereocenters. The minimum atomic E-state index is 0.116. The van der Waals surface area contributed by atoms with Crippen molar-refractivity contribution in [2.75, 3.05) is 12.4 Å². The quantitative estimate of drug-likeness (QED) is 0.743. The molecular weight excluding hydrogens is 282 g/mol. The van der Waals surface area contributed by atoms with Crippen molar-refractivity contribution in [2.24, 2.45) is 0 Å². The van der Waals surface area contributed by atoms with Crippen LogP contribution in [0.5, 0.6) is 0 Å². The molecule has 0 aliphatic heterocycles. The van der Waals surface area contributed by atoms with Crippen LogP contribution in [0.1, 0.15) is 16.7 Å². The van der Waals surface area contributed by atoms with Gasteiger partial charge >= 0.3 is 0 Å². The Labute approximate surface area is 131 Å². The van der Waals surface area contributed by atoms with E-state index < -0.39 is 0 Å². The van der Waals surface area contributed by atoms with Crippen molar-refractivity contribution in [1.82, 2.24) is 4.90 Å². The molecule has 2 aromatic rings. The Morgan fingerprint density at radius 3 is 2.43 bits per heavy atom. The molecule has 2 aromatic carbocycles. The third-order valence-electron chi connectivity index (χ3n) is 3.36. The average molecular weight is 302 g/mol. The topological polar surface area (TPSA) is 20.3 Å². The highest BCUT2D eigenvalue weighted by Gasteiger charge is 2.14. The first-order chi connectivity index (χ1) is 10.2. The second kappa shape index (κ2) is 7.84. The zero-order valence-electron chi connectivity index (χ0n) is 12.3. The van der Waals surface area contributed by atoms with Crippen molar-refractivity contribution in [3.05, 3.63) is 71.3 Å². The van der Waals surface area contributed by atoms with Gasteiger partial charge in [0.2, 0.25) is 5.91 Å². The highest BCUT2D eigenvalue weighted by Crippen LogP contribution is 2.10. The molecule has 0 N–H and O–H groups in total. The smallest absolute Gasteiger partial charge is 0.227 e. The lowest BCUT2D eigenvalue weighted by molar-refractivity contribution is -0.130. The van der Waals surface area contributed by atoms with Gasteiger partial charge in [-0.2, -0.15) is 0 Å². The SMILES string of the molecule is Cc1cccc(CC(=O)N(CCCl)Cc2ccccc2)c1. The fourth-order valence-electron chi connectivity index (χ4n) is 2.31. The number of amides is 1. The predicted molar refractivity (Wildman–Crippen MR) is 87.5 cm³/mol. The number of carbonyl (C=O) groups is 1. The molecular formula is C18H20ClNO. The lowest BCUT2D eigenvalue weighted by Gasteiger charge is -2.22. The fourth-order valence-corrected chi connectivity index (χ4v) is 2.51. The number of benzene rings is 2. The van der Waals surface area contributed by atoms with Crippen molar-refractivity contribution in [3.8, 4) is 0 Å². The monoisotopic (exact) mass is 301 g/mol. The first-order valence-corrected chi connectivity index (χ1v) is 7.65. The lowest BCUT2D eigenvalue weighted by atomic mass is 10.1. The first-order valence-electron chi connectivity index (χ1n) is 7.12. The van der Waals surface area contributed by atoms with Gasteiger partial charge in [0.25, 0.3) is 0 Å². The predicted octanol–water partition coefficient (Wildman–Crippen LogP) is 3.81. The van der Waals surface area contributed by atoms with E-state index in [4.69, 9.17) is 11.6 Å². The number of alkyl halides is 1. The van der Waals surface area contributed by atoms with E-state index in [1.807, 2.05) is 60.4 Å². The van der Waals surface area contributed by atoms with Gasteiger partial charge in [-0.1, -0.05) is 60.2 Å². The largest absolute Gasteiger partial charge is 0.337 e. The summed E-state index contributed by atoms with van der Waals surface area (Å²) < 4.78 is 0. The summed E-state index contributed by atoms with van der Waals surface area (Å²) in [6, 6.07) is 18.1. The number of hydrogen-bond donors (Lipinski definition) is 0. The van der Waals surface area contributed by atoms with Crippen LogP contribution in [0, 0.1) is 6.92 Å². The van der Waals surface area contributed by atoms with Gasteiger partial charge in [-0.25, -0.2) is 0 Å². The summed E-state index contributed by atoms with van der Waals surface area (Å²) in [5.74, 6) is 0.567. The van der Waals surface area contributed by atoms with E-state index >= 15 is 0 Å². The van der Waals surface area contributed by atoms with Gasteiger partial charge < -0.3 is 4.90 Å². The maximum absolute atomic E-state index is 12.5. The molecule has 3 heteroatoms. The van der Waals surface area contributed by atoms with E-state index in [-0.39, 0.29) is 5.91 Å². The Kier molecular flexibility index (Phi) is 5.82. The Balaban J connectivity index is 2.05. The fraction of sp³-hybridized carbons (Fsp3) is 0.278. The highest BCUT2D eigenvalue weighted by molar-refractivity contribution is 6.18. The minimum Gasteiger partial charge on any atom is -0.337 e. The van der Waals surface area contributed by atoms with Crippen molar-refractivity contribution in [2.45, 2.75) is 19.9 Å². The van der Waals surface area contributed by atoms with Crippen LogP contribution < -0.4 is 0 Å². The summed E-state index contributed by atoms with van der Waals surface area (Å²) >= 11 is 5.84. The maximum Gasteiger partial charge on any atom is 0.227 e. The third-order valence-corrected chi connectivity index (χ3v) is 3.53. The molecule has 0 spiro atoms. The second-order valence-corrected chi connectivity index (χ2v) is 5.53. The Morgan fingerprint density at radius 1 is 1.05 bits per heavy atom. The molecule has 0 aliphatic carbocycles. The molecule has 0 bridgehead atoms. The first kappa shape index (κ1) is 15.6. The lowest BCUT2D eigenvalue weighted by Crippen LogP contribution is -2.33. The molecule has 110 valence electrons. The molecule has 0 aromatic heterocycles. The van der Waals surface area contributed by atoms with Gasteiger partial charge in [0.1, 0.15) is 0 Å². The van der Waals surface area contributed by atoms with Crippen molar-refractivity contribution in [3.63, 3.8) is 0 Å². The third kappa shape index (κ3) is 4.91. The summed E-state index contributed by atoms with van der Waals surface area (Å²) in [6.45, 7) is 3.22. The van der Waals surface area contributed by atoms with Gasteiger partial charge in [-0.05, 0) is 18.1 Å². The van der Waals surface area contributed by atoms with Crippen LogP contribution in [0.2, 0.25) is 0 Å². The van der Waals surface area contributed by atoms with Crippen LogP contribution in [0.15, 0.2) is 54.6 Å². The molecule has 0 atom stereocenters. The summed E-state index contributed by atoms with van der Waals surface area (Å²) in [5, 5.41) is 0. The number of halogens is 1. The number of hydrogen-bond acceptors (Lipinski definition) is 1. The van der Waals surface area contributed by atoms with Crippen molar-refractivity contribution >= 4 is 17.5 Å². The van der Waals surface area contributed by atoms with Gasteiger partial charge in [-0.3, -0.25) is 4.79 Å². The van der Waals surface area contributed by atoms with Crippen LogP contribution >= 0.6 is 11.6 Å². The van der Waals surface area contributed by atoms with Gasteiger partial charge in [-0.15, -0.1) is 11.6 Å². The Morgan fingerprint density at radius 2 is 1.76 bits per heavy atom. The minimum absolute atomic E-state index is 0.116. The molecule has 1 amide bonds. The summed E-state index contributed by atoms with van der Waals surface area (Å²) in [7, 11) is 0. The van der Waals surface area contributed by atoms with Crippen LogP contribution in [0.4, 0.5) is 0 Å². The summed E-state index contributed by atoms with van der Waals surface area (Å²) in [6.07, 6.45) is 0.422. The Hall–Kier alpha value is -1.80. The number of nitrogens with zero attached hydrogens (tertiary/aromatic N) is 1. The second-order valence-electron chi connectivity index (χ2n) is 5.16. The molecule has 0 aliphatic rings. The maximum atomic E-state index is 12.5. The van der Waals surface area contributed by atoms with Crippen LogP contribution in [-0.2, 0) is 17.8 Å². The van der Waals surface area contributed by atoms with E-state index in [1.165, 1.54) is 5.56 Å². The van der Waals surface area contributed by atoms with E-state index in [1.54, 1.807) is 0 Å². The highest BCUT2D eigenvalue weighted by atomic mass is 35.5. The molecule has 2 rings (SSSR count). The molecule has 0 heterocycles. The van der Waals surface area contributed by atoms with E-state index in [9.17, 15) is 4.79 Å². The van der Waals surface area contributed by atoms with E-state index in [0.717, 1.165) is 11.1 Å². The van der Waals surface area contributed by atoms with Gasteiger partial charge in [0.05, 0.1) is 6.42 Å². The molecule has 0 fully saturated rings. The molecule has 21 heavy (non-hydrogen) atoms. The summed E-state index contributed by atoms with van der Waals surface area (Å²) in [4.78, 5) is 14.3. The standard InChI is InChI=1S/C18H20ClNO/c1-15-6-5-9-17(12-15)13-18(21)20(11-10-19)14-16-7-3-2-4-8-16/h2-9,12H,10-11,13-14H2,1H3. The number of carbonyl (C=O) groups excluding carboxylic acids is 1. The van der Waals surface area contributed by atoms with Crippen LogP contribution in [0.3, 0.4) is 0 Å². The van der Waals surface area contributed by atoms with Gasteiger partial charge in [0, 0.05) is 19.0 Å². The van der Waals surface area contributed by atoms with Crippen molar-refractivity contribution < 1.29 is 4.79 Å². The van der Waals surface area contributed by atoms with E-state index in [0.29, 0.717) is 25.4 Å². The zero-order valence-corrected chi connectivity index (χ0v) is 13.0. The van der Waals surface area contributed by atoms with E-state index in [2.05, 4.69) is 6.07 Å². The van der Waals surface area contributed by atoms with Crippen LogP contribution in [0.25, 0.3) is 0 Å². The molecule has 0 saturated carbocycles. The Bertz CT molecular complexity index is 583. The molecule has 0 radical (unpaired) electrons. The summed E-state index contributed by atoms with van der Waals surface area (Å²) in [5.41, 5.74) is 3.35. The van der Waals surface area contributed by atoms with Crippen LogP contribution in [-0.4, -0.2) is 23.2 Å². The normalized spacial score (nSPS) is 10.4. The number of aryl methyl sites for hydroxylation is 1.